The molecule has 0 aliphatic carbocycles. The average molecular weight is 245 g/mol. The van der Waals surface area contributed by atoms with Crippen LogP contribution in [0.15, 0.2) is 0 Å². The zero-order valence-corrected chi connectivity index (χ0v) is 10.5. The largest absolute Gasteiger partial charge is 0.374 e. The Morgan fingerprint density at radius 3 is 2.07 bits per heavy atom. The molecule has 14 heavy (non-hydrogen) atoms. The molecule has 0 bridgehead atoms. The molecule has 6 heteroatoms. The second-order valence-electron chi connectivity index (χ2n) is 2.54. The lowest BCUT2D eigenvalue weighted by molar-refractivity contribution is 0.111. The molecule has 1 atom stereocenters. The van der Waals surface area contributed by atoms with Gasteiger partial charge in [0.15, 0.2) is 0 Å². The minimum absolute atomic E-state index is 0.288. The van der Waals surface area contributed by atoms with Crippen molar-refractivity contribution in [3.63, 3.8) is 0 Å². The van der Waals surface area contributed by atoms with Gasteiger partial charge in [-0.05, 0) is 20.3 Å². The Labute approximate surface area is 90.4 Å². The van der Waals surface area contributed by atoms with Gasteiger partial charge >= 0.3 is 7.60 Å². The van der Waals surface area contributed by atoms with Crippen molar-refractivity contribution >= 4 is 19.2 Å². The van der Waals surface area contributed by atoms with E-state index < -0.39 is 12.9 Å². The summed E-state index contributed by atoms with van der Waals surface area (Å²) in [6.07, 6.45) is 0.807. The van der Waals surface area contributed by atoms with Crippen LogP contribution in [0.25, 0.3) is 0 Å². The van der Waals surface area contributed by atoms with Crippen molar-refractivity contribution in [3.05, 3.63) is 0 Å². The summed E-state index contributed by atoms with van der Waals surface area (Å²) in [4.78, 5) is 0. The van der Waals surface area contributed by atoms with Gasteiger partial charge in [-0.25, -0.2) is 0 Å². The van der Waals surface area contributed by atoms with Gasteiger partial charge in [-0.1, -0.05) is 18.5 Å². The van der Waals surface area contributed by atoms with Gasteiger partial charge in [0.05, 0.1) is 13.2 Å². The Balaban J connectivity index is 4.23. The topological polar surface area (TPSA) is 44.8 Å². The van der Waals surface area contributed by atoms with E-state index in [1.54, 1.807) is 13.8 Å². The van der Waals surface area contributed by atoms with Crippen LogP contribution in [0.1, 0.15) is 27.2 Å². The highest BCUT2D eigenvalue weighted by Crippen LogP contribution is 2.55. The molecule has 86 valence electrons. The van der Waals surface area contributed by atoms with Crippen LogP contribution in [-0.4, -0.2) is 25.1 Å². The molecule has 0 aliphatic heterocycles. The summed E-state index contributed by atoms with van der Waals surface area (Å²) in [5, 5.41) is -1.01. The first kappa shape index (κ1) is 14.4. The Morgan fingerprint density at radius 1 is 1.21 bits per heavy atom. The maximum atomic E-state index is 11.9. The fourth-order valence-electron chi connectivity index (χ4n) is 0.821. The number of hydrogen-bond donors (Lipinski definition) is 0. The first-order chi connectivity index (χ1) is 6.60. The van der Waals surface area contributed by atoms with Crippen molar-refractivity contribution < 1.29 is 18.3 Å². The number of alkyl halides is 1. The smallest absolute Gasteiger partial charge is 0.352 e. The van der Waals surface area contributed by atoms with Crippen molar-refractivity contribution in [2.45, 2.75) is 32.5 Å². The maximum Gasteiger partial charge on any atom is 0.374 e. The molecular formula is C8H18ClO4P. The van der Waals surface area contributed by atoms with Crippen LogP contribution in [0.3, 0.4) is 0 Å². The first-order valence-electron chi connectivity index (χ1n) is 4.75. The van der Waals surface area contributed by atoms with Crippen LogP contribution in [0.5, 0.6) is 0 Å². The predicted octanol–water partition coefficient (Wildman–Crippen LogP) is 3.20. The number of rotatable bonds is 8. The van der Waals surface area contributed by atoms with E-state index in [0.717, 1.165) is 6.42 Å². The summed E-state index contributed by atoms with van der Waals surface area (Å²) in [5.74, 6) is 0. The van der Waals surface area contributed by atoms with Crippen molar-refractivity contribution in [3.8, 4) is 0 Å². The monoisotopic (exact) mass is 244 g/mol. The number of halogens is 1. The van der Waals surface area contributed by atoms with Crippen LogP contribution in [0, 0.1) is 0 Å². The second kappa shape index (κ2) is 7.66. The highest BCUT2D eigenvalue weighted by molar-refractivity contribution is 7.56. The minimum Gasteiger partial charge on any atom is -0.352 e. The predicted molar refractivity (Wildman–Crippen MR) is 56.7 cm³/mol. The van der Waals surface area contributed by atoms with E-state index in [-0.39, 0.29) is 13.2 Å². The Morgan fingerprint density at radius 2 is 1.71 bits per heavy atom. The Hall–Kier alpha value is 0.400. The highest BCUT2D eigenvalue weighted by atomic mass is 35.5. The summed E-state index contributed by atoms with van der Waals surface area (Å²) in [6, 6.07) is 0. The molecule has 1 unspecified atom stereocenters. The lowest BCUT2D eigenvalue weighted by Crippen LogP contribution is -2.11. The van der Waals surface area contributed by atoms with E-state index >= 15 is 0 Å². The van der Waals surface area contributed by atoms with Crippen LogP contribution >= 0.6 is 19.2 Å². The first-order valence-corrected chi connectivity index (χ1v) is 6.80. The van der Waals surface area contributed by atoms with E-state index in [0.29, 0.717) is 6.61 Å². The van der Waals surface area contributed by atoms with E-state index in [1.165, 1.54) is 0 Å². The van der Waals surface area contributed by atoms with Gasteiger partial charge in [0.25, 0.3) is 0 Å². The van der Waals surface area contributed by atoms with Gasteiger partial charge in [-0.2, -0.15) is 0 Å². The van der Waals surface area contributed by atoms with E-state index in [4.69, 9.17) is 25.4 Å². The molecule has 0 aromatic rings. The Kier molecular flexibility index (Phi) is 7.88. The molecule has 0 fully saturated rings. The van der Waals surface area contributed by atoms with Crippen LogP contribution in [0.4, 0.5) is 0 Å². The maximum absolute atomic E-state index is 11.9. The van der Waals surface area contributed by atoms with Gasteiger partial charge in [0, 0.05) is 6.61 Å². The fraction of sp³-hybridized carbons (Fsp3) is 1.00. The molecule has 0 aromatic heterocycles. The zero-order chi connectivity index (χ0) is 11.0. The second-order valence-corrected chi connectivity index (χ2v) is 5.30. The van der Waals surface area contributed by atoms with Crippen molar-refractivity contribution in [2.24, 2.45) is 0 Å². The molecule has 0 rings (SSSR count). The lowest BCUT2D eigenvalue weighted by Gasteiger charge is -2.21. The van der Waals surface area contributed by atoms with E-state index in [1.807, 2.05) is 6.92 Å². The summed E-state index contributed by atoms with van der Waals surface area (Å²) < 4.78 is 27.0. The van der Waals surface area contributed by atoms with Gasteiger partial charge in [0.2, 0.25) is 5.30 Å². The molecule has 0 heterocycles. The molecular weight excluding hydrogens is 227 g/mol. The molecule has 0 aromatic carbocycles. The number of ether oxygens (including phenoxy) is 1. The third kappa shape index (κ3) is 4.76. The van der Waals surface area contributed by atoms with Gasteiger partial charge < -0.3 is 13.8 Å². The van der Waals surface area contributed by atoms with E-state index in [2.05, 4.69) is 0 Å². The number of hydrogen-bond acceptors (Lipinski definition) is 4. The van der Waals surface area contributed by atoms with Crippen LogP contribution < -0.4 is 0 Å². The van der Waals surface area contributed by atoms with Crippen LogP contribution in [0.2, 0.25) is 0 Å². The third-order valence-corrected chi connectivity index (χ3v) is 4.05. The SMILES string of the molecule is CCCOC(Cl)P(=O)(OCC)OCC. The molecule has 4 nitrogen and oxygen atoms in total. The standard InChI is InChI=1S/C8H18ClO4P/c1-4-7-11-8(9)14(10,12-5-2)13-6-3/h8H,4-7H2,1-3H3. The van der Waals surface area contributed by atoms with Crippen molar-refractivity contribution in [1.29, 1.82) is 0 Å². The molecule has 0 aliphatic rings. The molecule has 0 saturated heterocycles. The van der Waals surface area contributed by atoms with E-state index in [9.17, 15) is 4.57 Å². The zero-order valence-electron chi connectivity index (χ0n) is 8.86. The van der Waals surface area contributed by atoms with Crippen molar-refractivity contribution in [2.75, 3.05) is 19.8 Å². The quantitative estimate of drug-likeness (QED) is 0.486. The summed E-state index contributed by atoms with van der Waals surface area (Å²) in [6.45, 7) is 6.42. The average Bonchev–Trinajstić information content (AvgIpc) is 2.15. The highest BCUT2D eigenvalue weighted by Gasteiger charge is 2.34. The molecule has 0 N–H and O–H groups in total. The van der Waals surface area contributed by atoms with Gasteiger partial charge in [-0.15, -0.1) is 0 Å². The summed E-state index contributed by atoms with van der Waals surface area (Å²) in [7, 11) is -3.30. The molecule has 0 amide bonds. The fourth-order valence-corrected chi connectivity index (χ4v) is 2.56. The van der Waals surface area contributed by atoms with Gasteiger partial charge in [0.1, 0.15) is 0 Å². The molecule has 0 radical (unpaired) electrons. The minimum atomic E-state index is -3.30. The van der Waals surface area contributed by atoms with Gasteiger partial charge in [-0.3, -0.25) is 4.57 Å². The molecule has 0 saturated carbocycles. The Bertz CT molecular complexity index is 178. The molecule has 0 spiro atoms. The van der Waals surface area contributed by atoms with Crippen LogP contribution in [-0.2, 0) is 18.3 Å². The summed E-state index contributed by atoms with van der Waals surface area (Å²) in [5.41, 5.74) is 0. The van der Waals surface area contributed by atoms with Crippen molar-refractivity contribution in [1.82, 2.24) is 0 Å². The summed E-state index contributed by atoms with van der Waals surface area (Å²) >= 11 is 5.79. The third-order valence-electron chi connectivity index (χ3n) is 1.33. The lowest BCUT2D eigenvalue weighted by atomic mass is 10.5. The normalized spacial score (nSPS) is 14.3.